The van der Waals surface area contributed by atoms with Gasteiger partial charge < -0.3 is 0 Å². The molecular formula is C14H12O3. The molecule has 0 unspecified atom stereocenters. The fraction of sp³-hybridized carbons (Fsp3) is 0.0714. The van der Waals surface area contributed by atoms with E-state index in [0.29, 0.717) is 12.0 Å². The van der Waals surface area contributed by atoms with Crippen molar-refractivity contribution in [3.63, 3.8) is 0 Å². The smallest absolute Gasteiger partial charge is 0.295 e. The second-order valence-corrected chi connectivity index (χ2v) is 3.70. The van der Waals surface area contributed by atoms with Gasteiger partial charge in [0, 0.05) is 0 Å². The lowest BCUT2D eigenvalue weighted by Crippen LogP contribution is -2.06. The summed E-state index contributed by atoms with van der Waals surface area (Å²) in [5, 5.41) is 8.43. The summed E-state index contributed by atoms with van der Waals surface area (Å²) in [4.78, 5) is 15.1. The summed E-state index contributed by atoms with van der Waals surface area (Å²) in [6, 6.07) is 16.9. The second kappa shape index (κ2) is 5.27. The zero-order valence-corrected chi connectivity index (χ0v) is 9.17. The van der Waals surface area contributed by atoms with Crippen molar-refractivity contribution in [3.05, 3.63) is 71.3 Å². The molecule has 3 nitrogen and oxygen atoms in total. The van der Waals surface area contributed by atoms with Crippen LogP contribution in [0.5, 0.6) is 0 Å². The molecule has 17 heavy (non-hydrogen) atoms. The molecule has 0 bridgehead atoms. The van der Waals surface area contributed by atoms with Crippen LogP contribution >= 0.6 is 0 Å². The lowest BCUT2D eigenvalue weighted by Gasteiger charge is -2.06. The van der Waals surface area contributed by atoms with Gasteiger partial charge in [0.05, 0.1) is 5.56 Å². The van der Waals surface area contributed by atoms with Crippen LogP contribution in [0.2, 0.25) is 0 Å². The minimum atomic E-state index is -0.725. The van der Waals surface area contributed by atoms with Crippen LogP contribution in [-0.2, 0) is 11.3 Å². The third-order valence-electron chi connectivity index (χ3n) is 2.56. The molecule has 1 N–H and O–H groups in total. The first-order valence-corrected chi connectivity index (χ1v) is 5.29. The highest BCUT2D eigenvalue weighted by atomic mass is 17.1. The highest BCUT2D eigenvalue weighted by Crippen LogP contribution is 2.15. The Labute approximate surface area is 99.2 Å². The van der Waals surface area contributed by atoms with Gasteiger partial charge in [0.1, 0.15) is 0 Å². The fourth-order valence-corrected chi connectivity index (χ4v) is 1.74. The van der Waals surface area contributed by atoms with Crippen LogP contribution in [0.15, 0.2) is 54.6 Å². The topological polar surface area (TPSA) is 46.5 Å². The third-order valence-corrected chi connectivity index (χ3v) is 2.56. The normalized spacial score (nSPS) is 9.94. The molecule has 0 aliphatic heterocycles. The Hall–Kier alpha value is -2.13. The fourth-order valence-electron chi connectivity index (χ4n) is 1.74. The standard InChI is InChI=1S/C14H12O3/c15-14(17-16)13-9-5-4-8-12(13)10-11-6-2-1-3-7-11/h1-9,16H,10H2. The number of hydrogen-bond donors (Lipinski definition) is 1. The predicted octanol–water partition coefficient (Wildman–Crippen LogP) is 2.91. The molecule has 0 amide bonds. The van der Waals surface area contributed by atoms with Gasteiger partial charge in [-0.2, -0.15) is 5.26 Å². The molecule has 86 valence electrons. The summed E-state index contributed by atoms with van der Waals surface area (Å²) in [7, 11) is 0. The summed E-state index contributed by atoms with van der Waals surface area (Å²) in [6.07, 6.45) is 0.631. The lowest BCUT2D eigenvalue weighted by molar-refractivity contribution is -0.182. The van der Waals surface area contributed by atoms with Crippen molar-refractivity contribution in [1.82, 2.24) is 0 Å². The molecule has 0 spiro atoms. The Bertz CT molecular complexity index is 506. The van der Waals surface area contributed by atoms with E-state index in [4.69, 9.17) is 5.26 Å². The third kappa shape index (κ3) is 2.71. The average molecular weight is 228 g/mol. The second-order valence-electron chi connectivity index (χ2n) is 3.70. The van der Waals surface area contributed by atoms with Crippen molar-refractivity contribution in [3.8, 4) is 0 Å². The van der Waals surface area contributed by atoms with E-state index < -0.39 is 5.97 Å². The highest BCUT2D eigenvalue weighted by molar-refractivity contribution is 5.90. The number of rotatable bonds is 3. The minimum absolute atomic E-state index is 0.388. The van der Waals surface area contributed by atoms with E-state index >= 15 is 0 Å². The van der Waals surface area contributed by atoms with E-state index in [9.17, 15) is 4.79 Å². The summed E-state index contributed by atoms with van der Waals surface area (Å²) in [6.45, 7) is 0. The average Bonchev–Trinajstić information content (AvgIpc) is 2.40. The Morgan fingerprint density at radius 2 is 1.65 bits per heavy atom. The number of hydrogen-bond acceptors (Lipinski definition) is 3. The van der Waals surface area contributed by atoms with Gasteiger partial charge >= 0.3 is 5.97 Å². The van der Waals surface area contributed by atoms with Crippen LogP contribution in [0.1, 0.15) is 21.5 Å². The monoisotopic (exact) mass is 228 g/mol. The van der Waals surface area contributed by atoms with Gasteiger partial charge in [-0.3, -0.25) is 4.89 Å². The largest absolute Gasteiger partial charge is 0.373 e. The van der Waals surface area contributed by atoms with Crippen LogP contribution in [0.25, 0.3) is 0 Å². The zero-order chi connectivity index (χ0) is 12.1. The summed E-state index contributed by atoms with van der Waals surface area (Å²) in [5.74, 6) is -0.725. The molecule has 0 fully saturated rings. The number of carbonyl (C=O) groups is 1. The summed E-state index contributed by atoms with van der Waals surface area (Å²) in [5.41, 5.74) is 2.32. The van der Waals surface area contributed by atoms with Gasteiger partial charge in [0.25, 0.3) is 0 Å². The van der Waals surface area contributed by atoms with Crippen molar-refractivity contribution in [2.24, 2.45) is 0 Å². The van der Waals surface area contributed by atoms with Crippen molar-refractivity contribution in [2.45, 2.75) is 6.42 Å². The van der Waals surface area contributed by atoms with Crippen molar-refractivity contribution >= 4 is 5.97 Å². The maximum absolute atomic E-state index is 11.4. The predicted molar refractivity (Wildman–Crippen MR) is 63.7 cm³/mol. The number of benzene rings is 2. The van der Waals surface area contributed by atoms with Crippen molar-refractivity contribution in [1.29, 1.82) is 0 Å². The first-order chi connectivity index (χ1) is 8.31. The molecule has 0 aliphatic carbocycles. The summed E-state index contributed by atoms with van der Waals surface area (Å²) >= 11 is 0. The Morgan fingerprint density at radius 3 is 2.35 bits per heavy atom. The maximum atomic E-state index is 11.4. The molecule has 2 aromatic carbocycles. The molecule has 0 heterocycles. The van der Waals surface area contributed by atoms with Gasteiger partial charge in [-0.25, -0.2) is 4.79 Å². The van der Waals surface area contributed by atoms with E-state index in [2.05, 4.69) is 4.89 Å². The SMILES string of the molecule is O=C(OO)c1ccccc1Cc1ccccc1. The molecule has 2 rings (SSSR count). The summed E-state index contributed by atoms with van der Waals surface area (Å²) < 4.78 is 0. The first kappa shape index (κ1) is 11.4. The maximum Gasteiger partial charge on any atom is 0.373 e. The Balaban J connectivity index is 2.30. The van der Waals surface area contributed by atoms with Crippen LogP contribution < -0.4 is 0 Å². The van der Waals surface area contributed by atoms with E-state index in [1.807, 2.05) is 42.5 Å². The Kier molecular flexibility index (Phi) is 3.52. The van der Waals surface area contributed by atoms with Crippen LogP contribution in [-0.4, -0.2) is 11.2 Å². The number of carbonyl (C=O) groups excluding carboxylic acids is 1. The van der Waals surface area contributed by atoms with Gasteiger partial charge in [-0.1, -0.05) is 48.5 Å². The van der Waals surface area contributed by atoms with Crippen molar-refractivity contribution in [2.75, 3.05) is 0 Å². The first-order valence-electron chi connectivity index (χ1n) is 5.29. The molecule has 3 heteroatoms. The van der Waals surface area contributed by atoms with Crippen molar-refractivity contribution < 1.29 is 14.9 Å². The minimum Gasteiger partial charge on any atom is -0.295 e. The highest BCUT2D eigenvalue weighted by Gasteiger charge is 2.12. The molecule has 0 radical (unpaired) electrons. The molecule has 0 saturated carbocycles. The Morgan fingerprint density at radius 1 is 1.00 bits per heavy atom. The van der Waals surface area contributed by atoms with E-state index in [0.717, 1.165) is 11.1 Å². The zero-order valence-electron chi connectivity index (χ0n) is 9.17. The van der Waals surface area contributed by atoms with Gasteiger partial charge in [0.15, 0.2) is 0 Å². The van der Waals surface area contributed by atoms with E-state index in [1.54, 1.807) is 12.1 Å². The van der Waals surface area contributed by atoms with E-state index in [-0.39, 0.29) is 0 Å². The van der Waals surface area contributed by atoms with E-state index in [1.165, 1.54) is 0 Å². The van der Waals surface area contributed by atoms with Crippen LogP contribution in [0, 0.1) is 0 Å². The van der Waals surface area contributed by atoms with Gasteiger partial charge in [-0.15, -0.1) is 0 Å². The molecule has 0 saturated heterocycles. The van der Waals surface area contributed by atoms with Gasteiger partial charge in [-0.05, 0) is 23.6 Å². The lowest BCUT2D eigenvalue weighted by atomic mass is 10.00. The van der Waals surface area contributed by atoms with Gasteiger partial charge in [0.2, 0.25) is 0 Å². The molecule has 0 aromatic heterocycles. The van der Waals surface area contributed by atoms with Crippen LogP contribution in [0.3, 0.4) is 0 Å². The molecule has 0 atom stereocenters. The quantitative estimate of drug-likeness (QED) is 0.649. The van der Waals surface area contributed by atoms with Crippen LogP contribution in [0.4, 0.5) is 0 Å². The molecular weight excluding hydrogens is 216 g/mol. The molecule has 2 aromatic rings. The molecule has 0 aliphatic rings.